The molecule has 0 heterocycles. The van der Waals surface area contributed by atoms with Crippen LogP contribution in [0.5, 0.6) is 0 Å². The van der Waals surface area contributed by atoms with Gasteiger partial charge in [0.25, 0.3) is 0 Å². The molecule has 0 aromatic heterocycles. The highest BCUT2D eigenvalue weighted by Gasteiger charge is 2.30. The summed E-state index contributed by atoms with van der Waals surface area (Å²) < 4.78 is 0. The minimum absolute atomic E-state index is 0.0208. The fourth-order valence-electron chi connectivity index (χ4n) is 3.38. The lowest BCUT2D eigenvalue weighted by Gasteiger charge is -2.38. The molecule has 0 aliphatic heterocycles. The van der Waals surface area contributed by atoms with Crippen LogP contribution in [0, 0.1) is 11.8 Å². The van der Waals surface area contributed by atoms with Crippen LogP contribution in [0.2, 0.25) is 0 Å². The van der Waals surface area contributed by atoms with Gasteiger partial charge < -0.3 is 10.4 Å². The van der Waals surface area contributed by atoms with Gasteiger partial charge in [0.2, 0.25) is 0 Å². The zero-order chi connectivity index (χ0) is 11.5. The van der Waals surface area contributed by atoms with E-state index in [0.29, 0.717) is 6.04 Å². The van der Waals surface area contributed by atoms with E-state index in [0.717, 1.165) is 30.7 Å². The van der Waals surface area contributed by atoms with E-state index in [1.807, 2.05) is 0 Å². The Morgan fingerprint density at radius 1 is 1.12 bits per heavy atom. The zero-order valence-corrected chi connectivity index (χ0v) is 10.8. The Kier molecular flexibility index (Phi) is 4.26. The molecule has 0 amide bonds. The van der Waals surface area contributed by atoms with E-state index >= 15 is 0 Å². The number of aliphatic hydroxyl groups is 1. The van der Waals surface area contributed by atoms with Crippen molar-refractivity contribution in [3.05, 3.63) is 0 Å². The van der Waals surface area contributed by atoms with Crippen LogP contribution in [0.25, 0.3) is 0 Å². The highest BCUT2D eigenvalue weighted by atomic mass is 16.3. The monoisotopic (exact) mass is 225 g/mol. The molecule has 2 rings (SSSR count). The van der Waals surface area contributed by atoms with Crippen LogP contribution in [0.3, 0.4) is 0 Å². The molecule has 0 saturated heterocycles. The van der Waals surface area contributed by atoms with Crippen LogP contribution >= 0.6 is 0 Å². The minimum atomic E-state index is -0.0208. The van der Waals surface area contributed by atoms with E-state index in [9.17, 15) is 5.11 Å². The second kappa shape index (κ2) is 5.50. The Morgan fingerprint density at radius 3 is 2.50 bits per heavy atom. The summed E-state index contributed by atoms with van der Waals surface area (Å²) in [5.41, 5.74) is 0. The van der Waals surface area contributed by atoms with Crippen LogP contribution in [0.15, 0.2) is 0 Å². The summed E-state index contributed by atoms with van der Waals surface area (Å²) in [6, 6.07) is 1.34. The molecular formula is C14H27NO. The average molecular weight is 225 g/mol. The second-order valence-corrected chi connectivity index (χ2v) is 6.35. The van der Waals surface area contributed by atoms with Gasteiger partial charge in [0.15, 0.2) is 0 Å². The molecule has 2 aliphatic carbocycles. The fourth-order valence-corrected chi connectivity index (χ4v) is 3.38. The topological polar surface area (TPSA) is 32.3 Å². The van der Waals surface area contributed by atoms with Crippen molar-refractivity contribution in [2.24, 2.45) is 11.8 Å². The summed E-state index contributed by atoms with van der Waals surface area (Å²) in [7, 11) is 0. The first-order chi connectivity index (χ1) is 7.63. The second-order valence-electron chi connectivity index (χ2n) is 6.35. The number of hydrogen-bond acceptors (Lipinski definition) is 2. The van der Waals surface area contributed by atoms with Crippen LogP contribution in [0.4, 0.5) is 0 Å². The number of rotatable bonds is 4. The molecule has 2 atom stereocenters. The van der Waals surface area contributed by atoms with Gasteiger partial charge in [-0.1, -0.05) is 26.7 Å². The summed E-state index contributed by atoms with van der Waals surface area (Å²) in [4.78, 5) is 0. The van der Waals surface area contributed by atoms with E-state index in [1.54, 1.807) is 0 Å². The Bertz CT molecular complexity index is 211. The standard InChI is InChI=1S/C14H27NO/c1-10(2)6-11-4-3-5-12(7-11)15-13-8-14(16)9-13/h10-16H,3-9H2,1-2H3. The van der Waals surface area contributed by atoms with Gasteiger partial charge in [-0.05, 0) is 43.9 Å². The fraction of sp³-hybridized carbons (Fsp3) is 1.00. The molecule has 2 fully saturated rings. The molecule has 2 saturated carbocycles. The van der Waals surface area contributed by atoms with Gasteiger partial charge in [0.05, 0.1) is 6.10 Å². The molecule has 0 radical (unpaired) electrons. The highest BCUT2D eigenvalue weighted by Crippen LogP contribution is 2.31. The van der Waals surface area contributed by atoms with Gasteiger partial charge in [-0.25, -0.2) is 0 Å². The zero-order valence-electron chi connectivity index (χ0n) is 10.8. The first-order valence-electron chi connectivity index (χ1n) is 7.07. The lowest BCUT2D eigenvalue weighted by Crippen LogP contribution is -2.49. The summed E-state index contributed by atoms with van der Waals surface area (Å²) in [5, 5.41) is 13.0. The Balaban J connectivity index is 1.69. The van der Waals surface area contributed by atoms with Crippen molar-refractivity contribution in [3.8, 4) is 0 Å². The van der Waals surface area contributed by atoms with Gasteiger partial charge in [-0.3, -0.25) is 0 Å². The molecule has 0 spiro atoms. The van der Waals surface area contributed by atoms with Crippen molar-refractivity contribution in [1.29, 1.82) is 0 Å². The summed E-state index contributed by atoms with van der Waals surface area (Å²) in [5.74, 6) is 1.78. The van der Waals surface area contributed by atoms with Crippen LogP contribution < -0.4 is 5.32 Å². The Labute approximate surface area is 99.8 Å². The van der Waals surface area contributed by atoms with Gasteiger partial charge in [0, 0.05) is 12.1 Å². The SMILES string of the molecule is CC(C)CC1CCCC(NC2CC(O)C2)C1. The normalized spacial score (nSPS) is 39.8. The van der Waals surface area contributed by atoms with Gasteiger partial charge in [-0.15, -0.1) is 0 Å². The average Bonchev–Trinajstić information content (AvgIpc) is 2.15. The molecule has 0 bridgehead atoms. The lowest BCUT2D eigenvalue weighted by atomic mass is 9.79. The van der Waals surface area contributed by atoms with Gasteiger partial charge in [0.1, 0.15) is 0 Å². The Morgan fingerprint density at radius 2 is 1.88 bits per heavy atom. The molecule has 2 aliphatic rings. The highest BCUT2D eigenvalue weighted by molar-refractivity contribution is 4.89. The Hall–Kier alpha value is -0.0800. The van der Waals surface area contributed by atoms with Gasteiger partial charge >= 0.3 is 0 Å². The van der Waals surface area contributed by atoms with E-state index in [2.05, 4.69) is 19.2 Å². The van der Waals surface area contributed by atoms with Crippen molar-refractivity contribution in [3.63, 3.8) is 0 Å². The van der Waals surface area contributed by atoms with E-state index in [-0.39, 0.29) is 6.10 Å². The first-order valence-corrected chi connectivity index (χ1v) is 7.07. The maximum absolute atomic E-state index is 9.28. The van der Waals surface area contributed by atoms with E-state index in [4.69, 9.17) is 0 Å². The first kappa shape index (κ1) is 12.4. The van der Waals surface area contributed by atoms with Crippen LogP contribution in [-0.4, -0.2) is 23.3 Å². The lowest BCUT2D eigenvalue weighted by molar-refractivity contribution is 0.0530. The van der Waals surface area contributed by atoms with Crippen molar-refractivity contribution >= 4 is 0 Å². The largest absolute Gasteiger partial charge is 0.393 e. The van der Waals surface area contributed by atoms with Crippen molar-refractivity contribution < 1.29 is 5.11 Å². The molecule has 0 aromatic carbocycles. The predicted molar refractivity (Wildman–Crippen MR) is 67.4 cm³/mol. The summed E-state index contributed by atoms with van der Waals surface area (Å²) >= 11 is 0. The van der Waals surface area contributed by atoms with E-state index < -0.39 is 0 Å². The predicted octanol–water partition coefficient (Wildman–Crippen LogP) is 2.70. The molecule has 2 N–H and O–H groups in total. The van der Waals surface area contributed by atoms with Crippen LogP contribution in [0.1, 0.15) is 58.8 Å². The molecule has 16 heavy (non-hydrogen) atoms. The third kappa shape index (κ3) is 3.46. The number of nitrogens with one attached hydrogen (secondary N) is 1. The maximum Gasteiger partial charge on any atom is 0.0570 e. The van der Waals surface area contributed by atoms with Crippen molar-refractivity contribution in [2.75, 3.05) is 0 Å². The third-order valence-electron chi connectivity index (χ3n) is 4.17. The molecular weight excluding hydrogens is 198 g/mol. The minimum Gasteiger partial charge on any atom is -0.393 e. The number of aliphatic hydroxyl groups excluding tert-OH is 1. The third-order valence-corrected chi connectivity index (χ3v) is 4.17. The maximum atomic E-state index is 9.28. The molecule has 0 aromatic rings. The summed E-state index contributed by atoms with van der Waals surface area (Å²) in [6.45, 7) is 4.67. The number of hydrogen-bond donors (Lipinski definition) is 2. The van der Waals surface area contributed by atoms with E-state index in [1.165, 1.54) is 32.1 Å². The quantitative estimate of drug-likeness (QED) is 0.771. The van der Waals surface area contributed by atoms with Crippen molar-refractivity contribution in [2.45, 2.75) is 77.0 Å². The summed E-state index contributed by atoms with van der Waals surface area (Å²) in [6.07, 6.45) is 8.87. The molecule has 94 valence electrons. The molecule has 2 unspecified atom stereocenters. The van der Waals surface area contributed by atoms with Crippen molar-refractivity contribution in [1.82, 2.24) is 5.32 Å². The van der Waals surface area contributed by atoms with Gasteiger partial charge in [-0.2, -0.15) is 0 Å². The smallest absolute Gasteiger partial charge is 0.0570 e. The molecule has 2 nitrogen and oxygen atoms in total. The molecule has 2 heteroatoms. The van der Waals surface area contributed by atoms with Crippen LogP contribution in [-0.2, 0) is 0 Å².